The predicted octanol–water partition coefficient (Wildman–Crippen LogP) is 0.647. The number of rotatable bonds is 8. The Kier molecular flexibility index (Phi) is 6.71. The number of carbonyl (C=O) groups is 2. The maximum Gasteiger partial charge on any atom is 0.239 e. The third-order valence-corrected chi connectivity index (χ3v) is 3.86. The van der Waals surface area contributed by atoms with Crippen LogP contribution in [0.4, 0.5) is 0 Å². The van der Waals surface area contributed by atoms with E-state index in [0.717, 1.165) is 11.1 Å². The van der Waals surface area contributed by atoms with Crippen LogP contribution in [0.25, 0.3) is 0 Å². The lowest BCUT2D eigenvalue weighted by Crippen LogP contribution is -2.47. The molecule has 0 spiro atoms. The normalized spacial score (nSPS) is 12.0. The summed E-state index contributed by atoms with van der Waals surface area (Å²) in [6, 6.07) is 9.23. The molecule has 0 bridgehead atoms. The van der Waals surface area contributed by atoms with Gasteiger partial charge >= 0.3 is 0 Å². The molecule has 2 amide bonds. The van der Waals surface area contributed by atoms with Gasteiger partial charge in [0.2, 0.25) is 11.8 Å². The highest BCUT2D eigenvalue weighted by Crippen LogP contribution is 2.06. The Morgan fingerprint density at radius 1 is 1.16 bits per heavy atom. The summed E-state index contributed by atoms with van der Waals surface area (Å²) < 4.78 is 1.85. The van der Waals surface area contributed by atoms with E-state index < -0.39 is 6.04 Å². The van der Waals surface area contributed by atoms with Gasteiger partial charge in [0.15, 0.2) is 0 Å². The summed E-state index contributed by atoms with van der Waals surface area (Å²) >= 11 is 0. The molecule has 0 radical (unpaired) electrons. The highest BCUT2D eigenvalue weighted by molar-refractivity contribution is 5.87. The third kappa shape index (κ3) is 6.04. The van der Waals surface area contributed by atoms with Gasteiger partial charge in [-0.2, -0.15) is 5.10 Å². The summed E-state index contributed by atoms with van der Waals surface area (Å²) in [4.78, 5) is 23.5. The molecule has 4 N–H and O–H groups in total. The minimum absolute atomic E-state index is 0.0308. The van der Waals surface area contributed by atoms with Crippen LogP contribution < -0.4 is 16.4 Å². The average molecular weight is 343 g/mol. The van der Waals surface area contributed by atoms with Crippen molar-refractivity contribution in [1.29, 1.82) is 0 Å². The molecule has 0 fully saturated rings. The van der Waals surface area contributed by atoms with Crippen molar-refractivity contribution in [2.45, 2.75) is 33.0 Å². The van der Waals surface area contributed by atoms with Crippen LogP contribution in [0.5, 0.6) is 0 Å². The molecule has 0 saturated heterocycles. The molecule has 1 aromatic heterocycles. The van der Waals surface area contributed by atoms with Crippen LogP contribution in [0.2, 0.25) is 0 Å². The number of aromatic nitrogens is 2. The Hall–Kier alpha value is -2.67. The van der Waals surface area contributed by atoms with Crippen molar-refractivity contribution in [3.05, 3.63) is 53.9 Å². The highest BCUT2D eigenvalue weighted by atomic mass is 16.2. The molecule has 134 valence electrons. The van der Waals surface area contributed by atoms with E-state index in [1.807, 2.05) is 55.1 Å². The SMILES string of the molecule is CC(C)[C@H](N)C(=O)NCC(=O)NCc1ccc(Cn2cccn2)cc1. The molecule has 0 aliphatic rings. The first-order valence-corrected chi connectivity index (χ1v) is 8.31. The first-order chi connectivity index (χ1) is 12.0. The second kappa shape index (κ2) is 8.98. The lowest BCUT2D eigenvalue weighted by Gasteiger charge is -2.15. The molecule has 1 heterocycles. The molecule has 7 heteroatoms. The minimum atomic E-state index is -0.602. The zero-order valence-corrected chi connectivity index (χ0v) is 14.6. The van der Waals surface area contributed by atoms with E-state index in [1.54, 1.807) is 6.20 Å². The van der Waals surface area contributed by atoms with Gasteiger partial charge in [-0.15, -0.1) is 0 Å². The number of amides is 2. The summed E-state index contributed by atoms with van der Waals surface area (Å²) in [5, 5.41) is 9.49. The van der Waals surface area contributed by atoms with Crippen LogP contribution in [0.15, 0.2) is 42.7 Å². The number of nitrogens with two attached hydrogens (primary N) is 1. The van der Waals surface area contributed by atoms with E-state index in [-0.39, 0.29) is 24.3 Å². The van der Waals surface area contributed by atoms with Gasteiger partial charge in [0.1, 0.15) is 0 Å². The first kappa shape index (κ1) is 18.7. The molecule has 1 atom stereocenters. The summed E-state index contributed by atoms with van der Waals surface area (Å²) in [6.45, 7) is 4.77. The van der Waals surface area contributed by atoms with E-state index in [1.165, 1.54) is 0 Å². The standard InChI is InChI=1S/C18H25N5O2/c1-13(2)17(19)18(25)21-11-16(24)20-10-14-4-6-15(7-5-14)12-23-9-3-8-22-23/h3-9,13,17H,10-12,19H2,1-2H3,(H,20,24)(H,21,25)/t17-/m0/s1. The van der Waals surface area contributed by atoms with Crippen LogP contribution in [-0.2, 0) is 22.7 Å². The predicted molar refractivity (Wildman–Crippen MR) is 95.4 cm³/mol. The average Bonchev–Trinajstić information content (AvgIpc) is 3.11. The molecule has 0 saturated carbocycles. The lowest BCUT2D eigenvalue weighted by molar-refractivity contribution is -0.127. The summed E-state index contributed by atoms with van der Waals surface area (Å²) in [5.74, 6) is -0.527. The van der Waals surface area contributed by atoms with Gasteiger partial charge in [-0.05, 0) is 23.1 Å². The summed E-state index contributed by atoms with van der Waals surface area (Å²) in [6.07, 6.45) is 3.66. The smallest absolute Gasteiger partial charge is 0.239 e. The molecular formula is C18H25N5O2. The Morgan fingerprint density at radius 2 is 1.84 bits per heavy atom. The molecular weight excluding hydrogens is 318 g/mol. The van der Waals surface area contributed by atoms with Gasteiger partial charge in [0, 0.05) is 18.9 Å². The Labute approximate surface area is 147 Å². The van der Waals surface area contributed by atoms with Crippen LogP contribution in [0.1, 0.15) is 25.0 Å². The molecule has 0 aliphatic carbocycles. The maximum absolute atomic E-state index is 11.8. The Bertz CT molecular complexity index is 680. The second-order valence-electron chi connectivity index (χ2n) is 6.28. The van der Waals surface area contributed by atoms with Crippen molar-refractivity contribution in [3.63, 3.8) is 0 Å². The zero-order valence-electron chi connectivity index (χ0n) is 14.6. The quantitative estimate of drug-likeness (QED) is 0.655. The van der Waals surface area contributed by atoms with Gasteiger partial charge in [-0.3, -0.25) is 14.3 Å². The van der Waals surface area contributed by atoms with Crippen LogP contribution in [-0.4, -0.2) is 34.2 Å². The Morgan fingerprint density at radius 3 is 2.44 bits per heavy atom. The van der Waals surface area contributed by atoms with E-state index in [9.17, 15) is 9.59 Å². The molecule has 2 aromatic rings. The van der Waals surface area contributed by atoms with Crippen molar-refractivity contribution < 1.29 is 9.59 Å². The zero-order chi connectivity index (χ0) is 18.2. The largest absolute Gasteiger partial charge is 0.350 e. The van der Waals surface area contributed by atoms with Gasteiger partial charge < -0.3 is 16.4 Å². The monoisotopic (exact) mass is 343 g/mol. The van der Waals surface area contributed by atoms with Crippen molar-refractivity contribution in [1.82, 2.24) is 20.4 Å². The molecule has 2 rings (SSSR count). The summed E-state index contributed by atoms with van der Waals surface area (Å²) in [7, 11) is 0. The number of hydrogen-bond acceptors (Lipinski definition) is 4. The fourth-order valence-electron chi connectivity index (χ4n) is 2.19. The van der Waals surface area contributed by atoms with Gasteiger partial charge in [0.05, 0.1) is 19.1 Å². The van der Waals surface area contributed by atoms with Gasteiger partial charge in [0.25, 0.3) is 0 Å². The number of hydrogen-bond donors (Lipinski definition) is 3. The third-order valence-electron chi connectivity index (χ3n) is 3.86. The molecule has 7 nitrogen and oxygen atoms in total. The highest BCUT2D eigenvalue weighted by Gasteiger charge is 2.17. The maximum atomic E-state index is 11.8. The minimum Gasteiger partial charge on any atom is -0.350 e. The van der Waals surface area contributed by atoms with Crippen molar-refractivity contribution >= 4 is 11.8 Å². The number of nitrogens with zero attached hydrogens (tertiary/aromatic N) is 2. The van der Waals surface area contributed by atoms with Crippen molar-refractivity contribution in [2.24, 2.45) is 11.7 Å². The van der Waals surface area contributed by atoms with E-state index in [0.29, 0.717) is 13.1 Å². The number of benzene rings is 1. The molecule has 25 heavy (non-hydrogen) atoms. The lowest BCUT2D eigenvalue weighted by atomic mass is 10.1. The fraction of sp³-hybridized carbons (Fsp3) is 0.389. The van der Waals surface area contributed by atoms with Crippen LogP contribution in [0.3, 0.4) is 0 Å². The van der Waals surface area contributed by atoms with E-state index in [2.05, 4.69) is 15.7 Å². The van der Waals surface area contributed by atoms with Crippen LogP contribution >= 0.6 is 0 Å². The second-order valence-corrected chi connectivity index (χ2v) is 6.28. The van der Waals surface area contributed by atoms with Gasteiger partial charge in [-0.1, -0.05) is 38.1 Å². The number of nitrogens with one attached hydrogen (secondary N) is 2. The van der Waals surface area contributed by atoms with Crippen LogP contribution in [0, 0.1) is 5.92 Å². The molecule has 0 unspecified atom stereocenters. The van der Waals surface area contributed by atoms with Crippen molar-refractivity contribution in [2.75, 3.05) is 6.54 Å². The molecule has 0 aliphatic heterocycles. The van der Waals surface area contributed by atoms with Crippen molar-refractivity contribution in [3.8, 4) is 0 Å². The first-order valence-electron chi connectivity index (χ1n) is 8.31. The molecule has 1 aromatic carbocycles. The van der Waals surface area contributed by atoms with E-state index in [4.69, 9.17) is 5.73 Å². The van der Waals surface area contributed by atoms with E-state index >= 15 is 0 Å². The number of carbonyl (C=O) groups excluding carboxylic acids is 2. The fourth-order valence-corrected chi connectivity index (χ4v) is 2.19. The van der Waals surface area contributed by atoms with Gasteiger partial charge in [-0.25, -0.2) is 0 Å². The topological polar surface area (TPSA) is 102 Å². The summed E-state index contributed by atoms with van der Waals surface area (Å²) in [5.41, 5.74) is 7.85. The Balaban J connectivity index is 1.73.